The molecule has 1 aliphatic heterocycles. The normalized spacial score (nSPS) is 31.1. The molecule has 1 amide bonds. The Morgan fingerprint density at radius 2 is 1.87 bits per heavy atom. The molecule has 0 aromatic heterocycles. The van der Waals surface area contributed by atoms with E-state index in [0.29, 0.717) is 0 Å². The summed E-state index contributed by atoms with van der Waals surface area (Å²) in [5, 5.41) is 3.31. The summed E-state index contributed by atoms with van der Waals surface area (Å²) in [4.78, 5) is 12.6. The van der Waals surface area contributed by atoms with Gasteiger partial charge in [0.1, 0.15) is 0 Å². The summed E-state index contributed by atoms with van der Waals surface area (Å²) in [7, 11) is -1.88. The van der Waals surface area contributed by atoms with Gasteiger partial charge in [-0.3, -0.25) is 4.79 Å². The molecule has 1 aliphatic carbocycles. The average Bonchev–Trinajstić information content (AvgIpc) is 2.90. The van der Waals surface area contributed by atoms with Crippen molar-refractivity contribution in [2.45, 2.75) is 70.3 Å². The van der Waals surface area contributed by atoms with E-state index in [-0.39, 0.29) is 28.5 Å². The van der Waals surface area contributed by atoms with E-state index in [4.69, 9.17) is 4.43 Å². The number of nitrogens with one attached hydrogen (secondary N) is 1. The van der Waals surface area contributed by atoms with Gasteiger partial charge in [-0.05, 0) is 43.0 Å². The molecule has 1 aromatic rings. The van der Waals surface area contributed by atoms with Crippen molar-refractivity contribution >= 4 is 14.2 Å². The maximum Gasteiger partial charge on any atom is 0.231 e. The average molecular weight is 332 g/mol. The molecule has 0 bridgehead atoms. The molecule has 1 saturated heterocycles. The molecular weight excluding hydrogens is 302 g/mol. The number of β-lactam (4-membered cyclic amide) rings is 1. The zero-order valence-corrected chi connectivity index (χ0v) is 16.0. The molecule has 2 aliphatic rings. The predicted octanol–water partition coefficient (Wildman–Crippen LogP) is 4.42. The van der Waals surface area contributed by atoms with Crippen LogP contribution in [0.5, 0.6) is 0 Å². The van der Waals surface area contributed by atoms with E-state index >= 15 is 0 Å². The van der Waals surface area contributed by atoms with E-state index in [0.717, 1.165) is 19.3 Å². The van der Waals surface area contributed by atoms with Gasteiger partial charge < -0.3 is 9.74 Å². The molecule has 1 heterocycles. The third kappa shape index (κ3) is 2.56. The van der Waals surface area contributed by atoms with Gasteiger partial charge >= 0.3 is 0 Å². The molecule has 1 spiro atoms. The summed E-state index contributed by atoms with van der Waals surface area (Å²) in [5.41, 5.74) is 0.856. The van der Waals surface area contributed by atoms with Crippen molar-refractivity contribution in [1.29, 1.82) is 0 Å². The number of hydrogen-bond donors (Lipinski definition) is 1. The summed E-state index contributed by atoms with van der Waals surface area (Å²) in [6, 6.07) is 10.5. The second-order valence-electron chi connectivity index (χ2n) is 8.62. The van der Waals surface area contributed by atoms with Crippen LogP contribution in [0.25, 0.3) is 0 Å². The highest BCUT2D eigenvalue weighted by Crippen LogP contribution is 2.56. The first kappa shape index (κ1) is 16.7. The van der Waals surface area contributed by atoms with Crippen molar-refractivity contribution in [2.75, 3.05) is 0 Å². The Hall–Kier alpha value is -1.13. The lowest BCUT2D eigenvalue weighted by Crippen LogP contribution is -2.66. The number of amides is 1. The summed E-state index contributed by atoms with van der Waals surface area (Å²) in [6.07, 6.45) is 3.08. The van der Waals surface area contributed by atoms with E-state index < -0.39 is 8.32 Å². The maximum absolute atomic E-state index is 12.6. The van der Waals surface area contributed by atoms with Crippen LogP contribution in [-0.2, 0) is 9.22 Å². The fourth-order valence-corrected chi connectivity index (χ4v) is 5.15. The Morgan fingerprint density at radius 1 is 1.22 bits per heavy atom. The Kier molecular flexibility index (Phi) is 3.96. The molecule has 0 radical (unpaired) electrons. The van der Waals surface area contributed by atoms with Crippen molar-refractivity contribution in [1.82, 2.24) is 5.32 Å². The van der Waals surface area contributed by atoms with Crippen molar-refractivity contribution < 1.29 is 9.22 Å². The lowest BCUT2D eigenvalue weighted by Gasteiger charge is -2.52. The zero-order chi connectivity index (χ0) is 16.9. The van der Waals surface area contributed by atoms with Crippen molar-refractivity contribution in [3.63, 3.8) is 0 Å². The lowest BCUT2D eigenvalue weighted by molar-refractivity contribution is -0.154. The smallest absolute Gasteiger partial charge is 0.231 e. The van der Waals surface area contributed by atoms with Crippen LogP contribution in [0.3, 0.4) is 0 Å². The first-order chi connectivity index (χ1) is 10.7. The zero-order valence-electron chi connectivity index (χ0n) is 15.0. The van der Waals surface area contributed by atoms with Crippen LogP contribution in [0, 0.1) is 5.41 Å². The number of hydrogen-bond acceptors (Lipinski definition) is 2. The molecule has 0 unspecified atom stereocenters. The fourth-order valence-electron chi connectivity index (χ4n) is 3.76. The fraction of sp³-hybridized carbons (Fsp3) is 0.632. The van der Waals surface area contributed by atoms with Crippen LogP contribution in [0.1, 0.15) is 51.6 Å². The van der Waals surface area contributed by atoms with Gasteiger partial charge in [0.15, 0.2) is 8.32 Å². The SMILES string of the molecule is CC(C)(C)[Si](C)(C)O[C@H]1CCC[C@]12C(=O)N[C@@H]2c1ccccc1. The highest BCUT2D eigenvalue weighted by molar-refractivity contribution is 6.74. The van der Waals surface area contributed by atoms with Gasteiger partial charge in [-0.15, -0.1) is 0 Å². The Bertz CT molecular complexity index is 593. The topological polar surface area (TPSA) is 38.3 Å². The number of carbonyl (C=O) groups is 1. The van der Waals surface area contributed by atoms with Crippen molar-refractivity contribution in [3.05, 3.63) is 35.9 Å². The standard InChI is InChI=1S/C19H29NO2Si/c1-18(2,3)23(4,5)22-15-12-9-13-19(15)16(20-17(19)21)14-10-7-6-8-11-14/h6-8,10-11,15-16H,9,12-13H2,1-5H3,(H,20,21)/t15-,16+,19-/m0/s1. The van der Waals surface area contributed by atoms with Crippen molar-refractivity contribution in [2.24, 2.45) is 5.41 Å². The van der Waals surface area contributed by atoms with E-state index in [2.05, 4.69) is 51.3 Å². The van der Waals surface area contributed by atoms with E-state index in [1.165, 1.54) is 5.56 Å². The molecule has 126 valence electrons. The second kappa shape index (κ2) is 5.45. The Labute approximate surface area is 140 Å². The summed E-state index contributed by atoms with van der Waals surface area (Å²) in [5.74, 6) is 0.188. The van der Waals surface area contributed by atoms with Crippen LogP contribution >= 0.6 is 0 Å². The van der Waals surface area contributed by atoms with Crippen LogP contribution in [0.15, 0.2) is 30.3 Å². The van der Waals surface area contributed by atoms with E-state index in [1.807, 2.05) is 18.2 Å². The minimum absolute atomic E-state index is 0.0577. The Morgan fingerprint density at radius 3 is 2.43 bits per heavy atom. The largest absolute Gasteiger partial charge is 0.413 e. The first-order valence-corrected chi connectivity index (χ1v) is 11.6. The highest BCUT2D eigenvalue weighted by Gasteiger charge is 2.63. The third-order valence-corrected chi connectivity index (χ3v) is 10.7. The van der Waals surface area contributed by atoms with Crippen LogP contribution in [0.2, 0.25) is 18.1 Å². The summed E-state index contributed by atoms with van der Waals surface area (Å²) < 4.78 is 6.72. The van der Waals surface area contributed by atoms with Crippen LogP contribution < -0.4 is 5.32 Å². The molecular formula is C19H29NO2Si. The second-order valence-corrected chi connectivity index (χ2v) is 13.4. The van der Waals surface area contributed by atoms with Gasteiger partial charge in [0.25, 0.3) is 0 Å². The molecule has 1 saturated carbocycles. The van der Waals surface area contributed by atoms with Crippen molar-refractivity contribution in [3.8, 4) is 0 Å². The van der Waals surface area contributed by atoms with Crippen LogP contribution in [0.4, 0.5) is 0 Å². The van der Waals surface area contributed by atoms with Gasteiger partial charge in [0.2, 0.25) is 5.91 Å². The van der Waals surface area contributed by atoms with Crippen LogP contribution in [-0.4, -0.2) is 20.3 Å². The molecule has 1 N–H and O–H groups in total. The highest BCUT2D eigenvalue weighted by atomic mass is 28.4. The van der Waals surface area contributed by atoms with E-state index in [1.54, 1.807) is 0 Å². The Balaban J connectivity index is 1.89. The summed E-state index contributed by atoms with van der Waals surface area (Å²) in [6.45, 7) is 11.4. The molecule has 3 nitrogen and oxygen atoms in total. The monoisotopic (exact) mass is 331 g/mol. The quantitative estimate of drug-likeness (QED) is 0.658. The minimum Gasteiger partial charge on any atom is -0.413 e. The minimum atomic E-state index is -1.88. The van der Waals surface area contributed by atoms with Gasteiger partial charge in [-0.2, -0.15) is 0 Å². The van der Waals surface area contributed by atoms with E-state index in [9.17, 15) is 4.79 Å². The number of carbonyl (C=O) groups excluding carboxylic acids is 1. The maximum atomic E-state index is 12.6. The molecule has 1 aromatic carbocycles. The summed E-state index contributed by atoms with van der Waals surface area (Å²) >= 11 is 0. The predicted molar refractivity (Wildman–Crippen MR) is 95.7 cm³/mol. The first-order valence-electron chi connectivity index (χ1n) is 8.72. The van der Waals surface area contributed by atoms with Gasteiger partial charge in [0.05, 0.1) is 17.6 Å². The number of rotatable bonds is 3. The molecule has 23 heavy (non-hydrogen) atoms. The lowest BCUT2D eigenvalue weighted by atomic mass is 9.67. The van der Waals surface area contributed by atoms with Gasteiger partial charge in [0, 0.05) is 0 Å². The van der Waals surface area contributed by atoms with Gasteiger partial charge in [-0.1, -0.05) is 51.1 Å². The molecule has 3 atom stereocenters. The molecule has 3 rings (SSSR count). The molecule has 4 heteroatoms. The third-order valence-electron chi connectivity index (χ3n) is 6.22. The van der Waals surface area contributed by atoms with Gasteiger partial charge in [-0.25, -0.2) is 0 Å². The molecule has 2 fully saturated rings. The number of benzene rings is 1.